The van der Waals surface area contributed by atoms with Crippen LogP contribution >= 0.6 is 0 Å². The Morgan fingerprint density at radius 1 is 1.38 bits per heavy atom. The molecule has 0 bridgehead atoms. The van der Waals surface area contributed by atoms with E-state index in [1.165, 1.54) is 0 Å². The highest BCUT2D eigenvalue weighted by molar-refractivity contribution is 5.80. The molecule has 0 radical (unpaired) electrons. The number of nitrogen functional groups attached to an aromatic ring is 1. The number of aliphatic hydroxyl groups excluding tert-OH is 1. The maximum atomic E-state index is 9.62. The van der Waals surface area contributed by atoms with E-state index in [9.17, 15) is 5.11 Å². The smallest absolute Gasteiger partial charge is 0.139 e. The molecule has 3 rings (SSSR count). The minimum Gasteiger partial charge on any atom is -0.399 e. The van der Waals surface area contributed by atoms with Gasteiger partial charge >= 0.3 is 0 Å². The third kappa shape index (κ3) is 2.08. The standard InChI is InChI=1S/C15H18N4O2/c1-8-15(10(3)21-18-8)9(2)19-13-5-4-11(16)6-12(13)17-14(19)7-20/h4-6,9,20H,7,16H2,1-3H3. The SMILES string of the molecule is Cc1noc(C)c1C(C)n1c(CO)nc2cc(N)ccc21. The first kappa shape index (κ1) is 13.6. The van der Waals surface area contributed by atoms with Gasteiger partial charge in [0.25, 0.3) is 0 Å². The number of nitrogens with zero attached hydrogens (tertiary/aromatic N) is 3. The molecule has 0 aliphatic carbocycles. The van der Waals surface area contributed by atoms with Crippen molar-refractivity contribution in [2.75, 3.05) is 5.73 Å². The summed E-state index contributed by atoms with van der Waals surface area (Å²) >= 11 is 0. The van der Waals surface area contributed by atoms with Crippen LogP contribution in [-0.4, -0.2) is 19.8 Å². The lowest BCUT2D eigenvalue weighted by molar-refractivity contribution is 0.264. The predicted octanol–water partition coefficient (Wildman–Crippen LogP) is 2.32. The summed E-state index contributed by atoms with van der Waals surface area (Å²) in [6.45, 7) is 5.71. The second-order valence-corrected chi connectivity index (χ2v) is 5.22. The molecule has 0 fully saturated rings. The fourth-order valence-electron chi connectivity index (χ4n) is 2.92. The van der Waals surface area contributed by atoms with Crippen molar-refractivity contribution >= 4 is 16.7 Å². The number of aromatic nitrogens is 3. The van der Waals surface area contributed by atoms with Crippen LogP contribution in [0, 0.1) is 13.8 Å². The van der Waals surface area contributed by atoms with Crippen LogP contribution in [0.25, 0.3) is 11.0 Å². The zero-order valence-corrected chi connectivity index (χ0v) is 12.3. The largest absolute Gasteiger partial charge is 0.399 e. The molecule has 0 amide bonds. The van der Waals surface area contributed by atoms with Crippen molar-refractivity contribution in [3.05, 3.63) is 41.0 Å². The zero-order chi connectivity index (χ0) is 15.1. The van der Waals surface area contributed by atoms with E-state index >= 15 is 0 Å². The lowest BCUT2D eigenvalue weighted by Gasteiger charge is -2.17. The highest BCUT2D eigenvalue weighted by atomic mass is 16.5. The number of anilines is 1. The number of fused-ring (bicyclic) bond motifs is 1. The highest BCUT2D eigenvalue weighted by Crippen LogP contribution is 2.30. The van der Waals surface area contributed by atoms with Crippen molar-refractivity contribution < 1.29 is 9.63 Å². The van der Waals surface area contributed by atoms with Gasteiger partial charge in [-0.2, -0.15) is 0 Å². The number of imidazole rings is 1. The van der Waals surface area contributed by atoms with Gasteiger partial charge in [-0.05, 0) is 39.0 Å². The number of hydrogen-bond donors (Lipinski definition) is 2. The number of benzene rings is 1. The molecule has 21 heavy (non-hydrogen) atoms. The van der Waals surface area contributed by atoms with E-state index in [1.54, 1.807) is 0 Å². The molecule has 0 spiro atoms. The maximum absolute atomic E-state index is 9.62. The molecule has 6 heteroatoms. The Kier molecular flexibility index (Phi) is 3.17. The van der Waals surface area contributed by atoms with E-state index in [2.05, 4.69) is 10.1 Å². The third-order valence-corrected chi connectivity index (χ3v) is 3.82. The molecule has 6 nitrogen and oxygen atoms in total. The predicted molar refractivity (Wildman–Crippen MR) is 79.9 cm³/mol. The van der Waals surface area contributed by atoms with Crippen LogP contribution in [-0.2, 0) is 6.61 Å². The normalized spacial score (nSPS) is 13.0. The molecule has 0 aliphatic heterocycles. The molecule has 0 saturated heterocycles. The molecular weight excluding hydrogens is 268 g/mol. The summed E-state index contributed by atoms with van der Waals surface area (Å²) in [5.41, 5.74) is 10.0. The topological polar surface area (TPSA) is 90.1 Å². The van der Waals surface area contributed by atoms with Gasteiger partial charge in [-0.15, -0.1) is 0 Å². The van der Waals surface area contributed by atoms with Crippen LogP contribution in [0.4, 0.5) is 5.69 Å². The van der Waals surface area contributed by atoms with Crippen LogP contribution < -0.4 is 5.73 Å². The molecule has 110 valence electrons. The number of aliphatic hydroxyl groups is 1. The van der Waals surface area contributed by atoms with Crippen LogP contribution in [0.3, 0.4) is 0 Å². The van der Waals surface area contributed by atoms with Crippen molar-refractivity contribution in [3.63, 3.8) is 0 Å². The van der Waals surface area contributed by atoms with Crippen LogP contribution in [0.5, 0.6) is 0 Å². The molecule has 0 aliphatic rings. The summed E-state index contributed by atoms with van der Waals surface area (Å²) in [4.78, 5) is 4.46. The monoisotopic (exact) mass is 286 g/mol. The number of hydrogen-bond acceptors (Lipinski definition) is 5. The average Bonchev–Trinajstić information content (AvgIpc) is 2.98. The summed E-state index contributed by atoms with van der Waals surface area (Å²) in [6, 6.07) is 5.53. The van der Waals surface area contributed by atoms with Crippen molar-refractivity contribution in [1.29, 1.82) is 0 Å². The first-order valence-electron chi connectivity index (χ1n) is 6.83. The first-order chi connectivity index (χ1) is 10.0. The minimum atomic E-state index is -0.137. The Labute approximate surface area is 122 Å². The zero-order valence-electron chi connectivity index (χ0n) is 12.3. The van der Waals surface area contributed by atoms with Crippen LogP contribution in [0.1, 0.15) is 35.8 Å². The first-order valence-corrected chi connectivity index (χ1v) is 6.83. The third-order valence-electron chi connectivity index (χ3n) is 3.82. The van der Waals surface area contributed by atoms with Crippen molar-refractivity contribution in [1.82, 2.24) is 14.7 Å². The Morgan fingerprint density at radius 2 is 2.14 bits per heavy atom. The van der Waals surface area contributed by atoms with Gasteiger partial charge in [0.05, 0.1) is 22.8 Å². The molecule has 0 saturated carbocycles. The second-order valence-electron chi connectivity index (χ2n) is 5.22. The minimum absolute atomic E-state index is 0.0352. The van der Waals surface area contributed by atoms with Crippen molar-refractivity contribution in [3.8, 4) is 0 Å². The summed E-state index contributed by atoms with van der Waals surface area (Å²) < 4.78 is 7.25. The summed E-state index contributed by atoms with van der Waals surface area (Å²) in [7, 11) is 0. The Bertz CT molecular complexity index is 784. The fraction of sp³-hybridized carbons (Fsp3) is 0.333. The van der Waals surface area contributed by atoms with E-state index in [0.29, 0.717) is 11.5 Å². The van der Waals surface area contributed by atoms with Gasteiger partial charge in [0, 0.05) is 11.3 Å². The summed E-state index contributed by atoms with van der Waals surface area (Å²) in [6.07, 6.45) is 0. The molecule has 2 heterocycles. The van der Waals surface area contributed by atoms with Gasteiger partial charge in [-0.1, -0.05) is 5.16 Å². The summed E-state index contributed by atoms with van der Waals surface area (Å²) in [5.74, 6) is 1.38. The van der Waals surface area contributed by atoms with Gasteiger partial charge in [0.1, 0.15) is 18.2 Å². The second kappa shape index (κ2) is 4.89. The van der Waals surface area contributed by atoms with Gasteiger partial charge < -0.3 is 19.9 Å². The molecule has 1 unspecified atom stereocenters. The maximum Gasteiger partial charge on any atom is 0.139 e. The lowest BCUT2D eigenvalue weighted by atomic mass is 10.1. The average molecular weight is 286 g/mol. The molecule has 1 atom stereocenters. The Morgan fingerprint density at radius 3 is 2.76 bits per heavy atom. The molecule has 3 aromatic rings. The van der Waals surface area contributed by atoms with E-state index in [0.717, 1.165) is 28.1 Å². The number of rotatable bonds is 3. The number of nitrogens with two attached hydrogens (primary N) is 1. The molecule has 2 aromatic heterocycles. The van der Waals surface area contributed by atoms with E-state index in [-0.39, 0.29) is 12.6 Å². The van der Waals surface area contributed by atoms with E-state index in [1.807, 2.05) is 43.5 Å². The molecular formula is C15H18N4O2. The van der Waals surface area contributed by atoms with Crippen molar-refractivity contribution in [2.45, 2.75) is 33.4 Å². The summed E-state index contributed by atoms with van der Waals surface area (Å²) in [5, 5.41) is 13.6. The van der Waals surface area contributed by atoms with Crippen LogP contribution in [0.2, 0.25) is 0 Å². The van der Waals surface area contributed by atoms with Gasteiger partial charge in [-0.3, -0.25) is 0 Å². The Hall–Kier alpha value is -2.34. The van der Waals surface area contributed by atoms with Crippen LogP contribution in [0.15, 0.2) is 22.7 Å². The van der Waals surface area contributed by atoms with Gasteiger partial charge in [0.15, 0.2) is 0 Å². The highest BCUT2D eigenvalue weighted by Gasteiger charge is 2.22. The van der Waals surface area contributed by atoms with E-state index in [4.69, 9.17) is 10.3 Å². The van der Waals surface area contributed by atoms with Gasteiger partial charge in [-0.25, -0.2) is 4.98 Å². The fourth-order valence-corrected chi connectivity index (χ4v) is 2.92. The molecule has 3 N–H and O–H groups in total. The quantitative estimate of drug-likeness (QED) is 0.721. The lowest BCUT2D eigenvalue weighted by Crippen LogP contribution is -2.12. The van der Waals surface area contributed by atoms with E-state index < -0.39 is 0 Å². The number of aryl methyl sites for hydroxylation is 2. The van der Waals surface area contributed by atoms with Gasteiger partial charge in [0.2, 0.25) is 0 Å². The van der Waals surface area contributed by atoms with Crippen molar-refractivity contribution in [2.24, 2.45) is 0 Å². The Balaban J connectivity index is 2.23. The molecule has 1 aromatic carbocycles.